The Hall–Kier alpha value is -2.13. The van der Waals surface area contributed by atoms with Gasteiger partial charge in [-0.05, 0) is 25.1 Å². The second-order valence-corrected chi connectivity index (χ2v) is 4.78. The fraction of sp³-hybridized carbons (Fsp3) is 0.0667. The molecule has 19 heavy (non-hydrogen) atoms. The van der Waals surface area contributed by atoms with Gasteiger partial charge in [-0.1, -0.05) is 47.5 Å². The van der Waals surface area contributed by atoms with Crippen molar-refractivity contribution in [3.8, 4) is 17.1 Å². The van der Waals surface area contributed by atoms with Crippen LogP contribution < -0.4 is 0 Å². The minimum atomic E-state index is 0.683. The fourth-order valence-electron chi connectivity index (χ4n) is 1.94. The van der Waals surface area contributed by atoms with E-state index in [-0.39, 0.29) is 0 Å². The van der Waals surface area contributed by atoms with Gasteiger partial charge in [-0.25, -0.2) is 9.67 Å². The van der Waals surface area contributed by atoms with E-state index in [4.69, 9.17) is 11.6 Å². The normalized spacial score (nSPS) is 10.6. The number of nitrogens with zero attached hydrogens (tertiary/aromatic N) is 3. The summed E-state index contributed by atoms with van der Waals surface area (Å²) in [7, 11) is 0. The highest BCUT2D eigenvalue weighted by Crippen LogP contribution is 2.22. The monoisotopic (exact) mass is 269 g/mol. The van der Waals surface area contributed by atoms with E-state index in [1.54, 1.807) is 11.0 Å². The van der Waals surface area contributed by atoms with Gasteiger partial charge in [0.25, 0.3) is 0 Å². The van der Waals surface area contributed by atoms with Gasteiger partial charge >= 0.3 is 0 Å². The Morgan fingerprint density at radius 2 is 1.84 bits per heavy atom. The predicted molar refractivity (Wildman–Crippen MR) is 76.5 cm³/mol. The highest BCUT2D eigenvalue weighted by Gasteiger charge is 2.09. The van der Waals surface area contributed by atoms with E-state index < -0.39 is 0 Å². The Balaban J connectivity index is 2.10. The lowest BCUT2D eigenvalue weighted by molar-refractivity contribution is 0.887. The molecule has 94 valence electrons. The number of hydrogen-bond donors (Lipinski definition) is 0. The molecule has 1 aromatic heterocycles. The molecule has 0 amide bonds. The summed E-state index contributed by atoms with van der Waals surface area (Å²) < 4.78 is 1.79. The Bertz CT molecular complexity index is 701. The Morgan fingerprint density at radius 3 is 2.58 bits per heavy atom. The molecule has 0 aliphatic heterocycles. The average molecular weight is 270 g/mol. The van der Waals surface area contributed by atoms with Crippen molar-refractivity contribution in [2.24, 2.45) is 0 Å². The molecule has 0 atom stereocenters. The first-order valence-corrected chi connectivity index (χ1v) is 6.35. The maximum atomic E-state index is 6.02. The van der Waals surface area contributed by atoms with Crippen LogP contribution in [-0.2, 0) is 0 Å². The van der Waals surface area contributed by atoms with Crippen LogP contribution in [0.1, 0.15) is 5.56 Å². The smallest absolute Gasteiger partial charge is 0.163 e. The van der Waals surface area contributed by atoms with Crippen molar-refractivity contribution >= 4 is 11.6 Å². The number of aromatic nitrogens is 3. The van der Waals surface area contributed by atoms with Crippen LogP contribution in [0.25, 0.3) is 17.1 Å². The van der Waals surface area contributed by atoms with E-state index >= 15 is 0 Å². The van der Waals surface area contributed by atoms with Gasteiger partial charge in [0.05, 0.1) is 5.69 Å². The van der Waals surface area contributed by atoms with E-state index in [0.717, 1.165) is 17.1 Å². The maximum Gasteiger partial charge on any atom is 0.163 e. The van der Waals surface area contributed by atoms with Crippen LogP contribution >= 0.6 is 11.6 Å². The van der Waals surface area contributed by atoms with E-state index in [9.17, 15) is 0 Å². The molecule has 0 radical (unpaired) electrons. The zero-order valence-electron chi connectivity index (χ0n) is 10.4. The number of halogens is 1. The van der Waals surface area contributed by atoms with Crippen molar-refractivity contribution in [1.29, 1.82) is 0 Å². The zero-order valence-corrected chi connectivity index (χ0v) is 11.2. The quantitative estimate of drug-likeness (QED) is 0.706. The molecular weight excluding hydrogens is 258 g/mol. The molecule has 0 aliphatic rings. The first-order valence-electron chi connectivity index (χ1n) is 5.97. The Morgan fingerprint density at radius 1 is 1.05 bits per heavy atom. The number of benzene rings is 2. The molecule has 4 heteroatoms. The van der Waals surface area contributed by atoms with Gasteiger partial charge in [0.1, 0.15) is 6.33 Å². The van der Waals surface area contributed by atoms with Crippen molar-refractivity contribution in [2.45, 2.75) is 6.92 Å². The van der Waals surface area contributed by atoms with E-state index in [0.29, 0.717) is 5.02 Å². The summed E-state index contributed by atoms with van der Waals surface area (Å²) in [6, 6.07) is 15.8. The van der Waals surface area contributed by atoms with E-state index in [2.05, 4.69) is 29.1 Å². The summed E-state index contributed by atoms with van der Waals surface area (Å²) in [4.78, 5) is 4.33. The Labute approximate surface area is 116 Å². The van der Waals surface area contributed by atoms with Crippen LogP contribution in [0.3, 0.4) is 0 Å². The van der Waals surface area contributed by atoms with Crippen molar-refractivity contribution < 1.29 is 0 Å². The third-order valence-corrected chi connectivity index (χ3v) is 3.15. The topological polar surface area (TPSA) is 30.7 Å². The fourth-order valence-corrected chi connectivity index (χ4v) is 2.12. The minimum absolute atomic E-state index is 0.683. The van der Waals surface area contributed by atoms with Crippen LogP contribution in [0, 0.1) is 6.92 Å². The molecular formula is C15H12ClN3. The van der Waals surface area contributed by atoms with Crippen LogP contribution in [0.15, 0.2) is 54.9 Å². The minimum Gasteiger partial charge on any atom is -0.215 e. The summed E-state index contributed by atoms with van der Waals surface area (Å²) in [5.41, 5.74) is 3.15. The first-order chi connectivity index (χ1) is 9.24. The summed E-state index contributed by atoms with van der Waals surface area (Å²) in [5.74, 6) is 0.808. The largest absolute Gasteiger partial charge is 0.215 e. The van der Waals surface area contributed by atoms with Crippen molar-refractivity contribution in [3.05, 3.63) is 65.4 Å². The van der Waals surface area contributed by atoms with Gasteiger partial charge in [0, 0.05) is 10.6 Å². The van der Waals surface area contributed by atoms with Gasteiger partial charge < -0.3 is 0 Å². The summed E-state index contributed by atoms with van der Waals surface area (Å²) in [5, 5.41) is 4.96. The number of hydrogen-bond acceptors (Lipinski definition) is 2. The highest BCUT2D eigenvalue weighted by molar-refractivity contribution is 6.30. The molecule has 3 rings (SSSR count). The van der Waals surface area contributed by atoms with Crippen LogP contribution in [0.5, 0.6) is 0 Å². The molecule has 3 aromatic rings. The maximum absolute atomic E-state index is 6.02. The van der Waals surface area contributed by atoms with Crippen molar-refractivity contribution in [2.75, 3.05) is 0 Å². The van der Waals surface area contributed by atoms with E-state index in [1.807, 2.05) is 36.4 Å². The van der Waals surface area contributed by atoms with Gasteiger partial charge in [-0.15, -0.1) is 0 Å². The molecule has 0 fully saturated rings. The molecule has 2 aromatic carbocycles. The molecule has 0 unspecified atom stereocenters. The van der Waals surface area contributed by atoms with Crippen LogP contribution in [0.4, 0.5) is 0 Å². The highest BCUT2D eigenvalue weighted by atomic mass is 35.5. The van der Waals surface area contributed by atoms with Gasteiger partial charge in [0.15, 0.2) is 5.82 Å². The molecule has 0 N–H and O–H groups in total. The third-order valence-electron chi connectivity index (χ3n) is 2.91. The molecule has 1 heterocycles. The lowest BCUT2D eigenvalue weighted by Crippen LogP contribution is -1.99. The molecule has 0 saturated carbocycles. The number of rotatable bonds is 2. The Kier molecular flexibility index (Phi) is 3.05. The van der Waals surface area contributed by atoms with Crippen molar-refractivity contribution in [1.82, 2.24) is 14.8 Å². The first kappa shape index (κ1) is 11.9. The molecule has 3 nitrogen and oxygen atoms in total. The predicted octanol–water partition coefficient (Wildman–Crippen LogP) is 3.90. The average Bonchev–Trinajstić information content (AvgIpc) is 2.89. The summed E-state index contributed by atoms with van der Waals surface area (Å²) in [6.07, 6.45) is 1.55. The third kappa shape index (κ3) is 2.37. The molecule has 0 bridgehead atoms. The van der Waals surface area contributed by atoms with Gasteiger partial charge in [-0.3, -0.25) is 0 Å². The van der Waals surface area contributed by atoms with Crippen LogP contribution in [0.2, 0.25) is 5.02 Å². The molecule has 0 spiro atoms. The number of aryl methyl sites for hydroxylation is 1. The lowest BCUT2D eigenvalue weighted by atomic mass is 10.1. The zero-order chi connectivity index (χ0) is 13.2. The van der Waals surface area contributed by atoms with E-state index in [1.165, 1.54) is 5.56 Å². The summed E-state index contributed by atoms with van der Waals surface area (Å²) >= 11 is 6.02. The van der Waals surface area contributed by atoms with Crippen LogP contribution in [-0.4, -0.2) is 14.8 Å². The van der Waals surface area contributed by atoms with Crippen molar-refractivity contribution in [3.63, 3.8) is 0 Å². The second kappa shape index (κ2) is 4.86. The SMILES string of the molecule is Cc1ccc(-c2ncnn2-c2cccc(Cl)c2)cc1. The molecule has 0 aliphatic carbocycles. The molecule has 0 saturated heterocycles. The lowest BCUT2D eigenvalue weighted by Gasteiger charge is -2.06. The summed E-state index contributed by atoms with van der Waals surface area (Å²) in [6.45, 7) is 2.06. The van der Waals surface area contributed by atoms with Gasteiger partial charge in [-0.2, -0.15) is 5.10 Å². The second-order valence-electron chi connectivity index (χ2n) is 4.34. The standard InChI is InChI=1S/C15H12ClN3/c1-11-5-7-12(8-6-11)15-17-10-18-19(15)14-4-2-3-13(16)9-14/h2-10H,1H3. The van der Waals surface area contributed by atoms with Gasteiger partial charge in [0.2, 0.25) is 0 Å².